The molecular weight excluding hydrogens is 504 g/mol. The van der Waals surface area contributed by atoms with E-state index in [0.717, 1.165) is 86.0 Å². The van der Waals surface area contributed by atoms with Crippen LogP contribution in [0, 0.1) is 12.8 Å². The van der Waals surface area contributed by atoms with E-state index in [1.54, 1.807) is 6.20 Å². The summed E-state index contributed by atoms with van der Waals surface area (Å²) in [4.78, 5) is 35.1. The Balaban J connectivity index is 1.50. The van der Waals surface area contributed by atoms with E-state index in [0.29, 0.717) is 32.0 Å². The smallest absolute Gasteiger partial charge is 0.236 e. The van der Waals surface area contributed by atoms with E-state index >= 15 is 0 Å². The number of aldehydes is 1. The molecular formula is C32H49N4O4+. The normalized spacial score (nSPS) is 20.9. The molecule has 1 amide bonds. The summed E-state index contributed by atoms with van der Waals surface area (Å²) >= 11 is 0. The van der Waals surface area contributed by atoms with E-state index in [2.05, 4.69) is 55.0 Å². The Bertz CT molecular complexity index is 1120. The summed E-state index contributed by atoms with van der Waals surface area (Å²) in [6.45, 7) is 8.47. The number of benzene rings is 1. The van der Waals surface area contributed by atoms with Crippen LogP contribution in [0.4, 0.5) is 0 Å². The topological polar surface area (TPSA) is 75.9 Å². The molecule has 1 fully saturated rings. The number of likely N-dealkylation sites (tertiary alicyclic amines) is 1. The Kier molecular flexibility index (Phi) is 10.4. The lowest BCUT2D eigenvalue weighted by Gasteiger charge is -2.30. The standard InChI is InChI=1S/C32H49N4O4/c1-6-7-15-34(16-8-9-17-36(3,4)5)32(38)22-35-21-27(25-10-12-30-26(19-25)14-18-39-30)28(23-37)29(35)11-13-31-33-20-24(2)40-31/h10,12,19-20,23,27-29H,6-9,11,13-18,21-22H2,1-5H3/q+1/t27-,28-,29+/m1/s1. The van der Waals surface area contributed by atoms with Gasteiger partial charge in [0.05, 0.1) is 47.0 Å². The van der Waals surface area contributed by atoms with Crippen LogP contribution >= 0.6 is 0 Å². The number of unbranched alkanes of at least 4 members (excludes halogenated alkanes) is 2. The fourth-order valence-corrected chi connectivity index (χ4v) is 6.19. The molecule has 1 aromatic carbocycles. The van der Waals surface area contributed by atoms with Crippen molar-refractivity contribution >= 4 is 12.2 Å². The summed E-state index contributed by atoms with van der Waals surface area (Å²) in [5, 5.41) is 0. The Morgan fingerprint density at radius 2 is 2.00 bits per heavy atom. The maximum absolute atomic E-state index is 13.8. The van der Waals surface area contributed by atoms with Gasteiger partial charge in [0.1, 0.15) is 17.8 Å². The molecule has 2 aliphatic heterocycles. The van der Waals surface area contributed by atoms with Crippen LogP contribution in [0.15, 0.2) is 28.8 Å². The van der Waals surface area contributed by atoms with E-state index in [9.17, 15) is 9.59 Å². The number of nitrogens with zero attached hydrogens (tertiary/aromatic N) is 4. The van der Waals surface area contributed by atoms with E-state index < -0.39 is 0 Å². The van der Waals surface area contributed by atoms with Gasteiger partial charge in [0, 0.05) is 50.4 Å². The van der Waals surface area contributed by atoms with Gasteiger partial charge in [0.2, 0.25) is 5.91 Å². The summed E-state index contributed by atoms with van der Waals surface area (Å²) in [6.07, 6.45) is 9.28. The van der Waals surface area contributed by atoms with Crippen LogP contribution in [0.1, 0.15) is 67.7 Å². The van der Waals surface area contributed by atoms with Crippen molar-refractivity contribution in [2.24, 2.45) is 5.92 Å². The average Bonchev–Trinajstić information content (AvgIpc) is 3.64. The first kappa shape index (κ1) is 30.3. The highest BCUT2D eigenvalue weighted by atomic mass is 16.5. The maximum atomic E-state index is 13.8. The molecule has 1 saturated heterocycles. The van der Waals surface area contributed by atoms with Gasteiger partial charge in [0.15, 0.2) is 5.89 Å². The van der Waals surface area contributed by atoms with Crippen LogP contribution in [0.25, 0.3) is 0 Å². The second-order valence-electron chi connectivity index (χ2n) is 12.6. The third-order valence-electron chi connectivity index (χ3n) is 8.41. The maximum Gasteiger partial charge on any atom is 0.236 e. The third kappa shape index (κ3) is 7.94. The minimum Gasteiger partial charge on any atom is -0.493 e. The van der Waals surface area contributed by atoms with Crippen molar-refractivity contribution in [3.8, 4) is 5.75 Å². The lowest BCUT2D eigenvalue weighted by atomic mass is 9.84. The van der Waals surface area contributed by atoms with Gasteiger partial charge >= 0.3 is 0 Å². The Morgan fingerprint density at radius 3 is 2.70 bits per heavy atom. The lowest BCUT2D eigenvalue weighted by molar-refractivity contribution is -0.870. The zero-order valence-electron chi connectivity index (χ0n) is 25.2. The summed E-state index contributed by atoms with van der Waals surface area (Å²) < 4.78 is 12.4. The minimum atomic E-state index is -0.196. The Morgan fingerprint density at radius 1 is 1.20 bits per heavy atom. The molecule has 40 heavy (non-hydrogen) atoms. The van der Waals surface area contributed by atoms with Crippen molar-refractivity contribution in [1.29, 1.82) is 0 Å². The largest absolute Gasteiger partial charge is 0.493 e. The molecule has 4 rings (SSSR count). The van der Waals surface area contributed by atoms with Crippen molar-refractivity contribution < 1.29 is 23.2 Å². The van der Waals surface area contributed by atoms with Crippen LogP contribution in [-0.2, 0) is 22.4 Å². The highest BCUT2D eigenvalue weighted by Crippen LogP contribution is 2.40. The SMILES string of the molecule is CCCCN(CCCC[N+](C)(C)C)C(=O)CN1C[C@H](c2ccc3c(c2)CCO3)[C@@H](C=O)[C@@H]1CCc1ncc(C)o1. The zero-order valence-corrected chi connectivity index (χ0v) is 25.2. The molecule has 2 aromatic rings. The third-order valence-corrected chi connectivity index (χ3v) is 8.41. The average molecular weight is 554 g/mol. The molecule has 0 spiro atoms. The van der Waals surface area contributed by atoms with Crippen LogP contribution in [0.2, 0.25) is 0 Å². The van der Waals surface area contributed by atoms with Crippen LogP contribution in [0.3, 0.4) is 0 Å². The molecule has 220 valence electrons. The van der Waals surface area contributed by atoms with Gasteiger partial charge in [-0.15, -0.1) is 0 Å². The van der Waals surface area contributed by atoms with Crippen molar-refractivity contribution in [2.75, 3.05) is 60.5 Å². The minimum absolute atomic E-state index is 0.0427. The van der Waals surface area contributed by atoms with Gasteiger partial charge in [0.25, 0.3) is 0 Å². The van der Waals surface area contributed by atoms with Gasteiger partial charge in [-0.25, -0.2) is 4.98 Å². The van der Waals surface area contributed by atoms with Crippen molar-refractivity contribution in [3.63, 3.8) is 0 Å². The fourth-order valence-electron chi connectivity index (χ4n) is 6.19. The number of fused-ring (bicyclic) bond motifs is 1. The van der Waals surface area contributed by atoms with Gasteiger partial charge in [-0.1, -0.05) is 25.5 Å². The van der Waals surface area contributed by atoms with Crippen LogP contribution < -0.4 is 4.74 Å². The molecule has 2 aliphatic rings. The summed E-state index contributed by atoms with van der Waals surface area (Å²) in [6, 6.07) is 6.31. The molecule has 3 atom stereocenters. The fraction of sp³-hybridized carbons (Fsp3) is 0.656. The first-order chi connectivity index (χ1) is 19.2. The molecule has 0 unspecified atom stereocenters. The van der Waals surface area contributed by atoms with E-state index in [1.807, 2.05) is 13.0 Å². The second-order valence-corrected chi connectivity index (χ2v) is 12.6. The van der Waals surface area contributed by atoms with E-state index in [1.165, 1.54) is 5.56 Å². The van der Waals surface area contributed by atoms with Crippen LogP contribution in [0.5, 0.6) is 5.75 Å². The Hall–Kier alpha value is -2.71. The second kappa shape index (κ2) is 13.8. The molecule has 0 N–H and O–H groups in total. The first-order valence-corrected chi connectivity index (χ1v) is 15.1. The quantitative estimate of drug-likeness (QED) is 0.187. The molecule has 1 aromatic heterocycles. The number of aryl methyl sites for hydroxylation is 2. The predicted molar refractivity (Wildman–Crippen MR) is 156 cm³/mol. The number of ether oxygens (including phenoxy) is 1. The molecule has 0 bridgehead atoms. The summed E-state index contributed by atoms with van der Waals surface area (Å²) in [5.74, 6) is 2.44. The monoisotopic (exact) mass is 553 g/mol. The number of rotatable bonds is 15. The summed E-state index contributed by atoms with van der Waals surface area (Å²) in [7, 11) is 6.63. The van der Waals surface area contributed by atoms with E-state index in [4.69, 9.17) is 9.15 Å². The van der Waals surface area contributed by atoms with E-state index in [-0.39, 0.29) is 23.8 Å². The summed E-state index contributed by atoms with van der Waals surface area (Å²) in [5.41, 5.74) is 2.37. The number of aromatic nitrogens is 1. The highest BCUT2D eigenvalue weighted by molar-refractivity contribution is 5.78. The van der Waals surface area contributed by atoms with Crippen LogP contribution in [-0.4, -0.2) is 98.0 Å². The number of quaternary nitrogens is 1. The highest BCUT2D eigenvalue weighted by Gasteiger charge is 2.43. The van der Waals surface area contributed by atoms with Crippen molar-refractivity contribution in [2.45, 2.75) is 70.8 Å². The molecule has 8 nitrogen and oxygen atoms in total. The predicted octanol–water partition coefficient (Wildman–Crippen LogP) is 4.25. The number of hydrogen-bond donors (Lipinski definition) is 0. The molecule has 0 saturated carbocycles. The molecule has 3 heterocycles. The number of oxazole rings is 1. The zero-order chi connectivity index (χ0) is 28.7. The number of carbonyl (C=O) groups is 2. The number of amides is 1. The Labute approximate surface area is 240 Å². The van der Waals surface area contributed by atoms with Gasteiger partial charge in [-0.2, -0.15) is 0 Å². The number of hydrogen-bond acceptors (Lipinski definition) is 6. The van der Waals surface area contributed by atoms with Gasteiger partial charge in [-0.3, -0.25) is 9.69 Å². The molecule has 8 heteroatoms. The lowest BCUT2D eigenvalue weighted by Crippen LogP contribution is -2.44. The first-order valence-electron chi connectivity index (χ1n) is 15.1. The molecule has 0 aliphatic carbocycles. The van der Waals surface area contributed by atoms with Gasteiger partial charge < -0.3 is 23.3 Å². The van der Waals surface area contributed by atoms with Gasteiger partial charge in [-0.05, 0) is 49.8 Å². The van der Waals surface area contributed by atoms with Crippen molar-refractivity contribution in [3.05, 3.63) is 47.2 Å². The number of carbonyl (C=O) groups excluding carboxylic acids is 2. The molecule has 0 radical (unpaired) electrons. The van der Waals surface area contributed by atoms with Crippen molar-refractivity contribution in [1.82, 2.24) is 14.8 Å².